The highest BCUT2D eigenvalue weighted by Crippen LogP contribution is 2.50. The standard InChI is InChI=1S/C44H27NS/c1-3-12-28(13-4-1)32-23-25-39-38(27-32)40-35-18-9-10-19-36(35)44-41(37-21-11-20-34(43(37)46-44)30-15-5-2-6-16-30)42(40)45(39)33-24-22-29-14-7-8-17-31(29)26-33/h1-27H. The second kappa shape index (κ2) is 9.90. The van der Waals surface area contributed by atoms with Gasteiger partial charge in [-0.05, 0) is 62.7 Å². The van der Waals surface area contributed by atoms with Crippen LogP contribution in [0.25, 0.3) is 91.5 Å². The van der Waals surface area contributed by atoms with Gasteiger partial charge in [0.25, 0.3) is 0 Å². The largest absolute Gasteiger partial charge is 0.309 e. The Labute approximate surface area is 270 Å². The van der Waals surface area contributed by atoms with Gasteiger partial charge in [-0.2, -0.15) is 0 Å². The van der Waals surface area contributed by atoms with Crippen LogP contribution in [0.2, 0.25) is 0 Å². The highest BCUT2D eigenvalue weighted by molar-refractivity contribution is 7.27. The van der Waals surface area contributed by atoms with Crippen LogP contribution < -0.4 is 0 Å². The van der Waals surface area contributed by atoms with Crippen molar-refractivity contribution < 1.29 is 0 Å². The molecule has 46 heavy (non-hydrogen) atoms. The van der Waals surface area contributed by atoms with E-state index in [1.54, 1.807) is 0 Å². The molecule has 0 aliphatic carbocycles. The number of hydrogen-bond donors (Lipinski definition) is 0. The van der Waals surface area contributed by atoms with Gasteiger partial charge in [-0.1, -0.05) is 140 Å². The van der Waals surface area contributed by atoms with Crippen LogP contribution in [-0.4, -0.2) is 4.57 Å². The molecule has 8 aromatic carbocycles. The monoisotopic (exact) mass is 601 g/mol. The summed E-state index contributed by atoms with van der Waals surface area (Å²) in [6, 6.07) is 60.0. The molecule has 2 heterocycles. The number of fused-ring (bicyclic) bond motifs is 11. The maximum atomic E-state index is 2.53. The fourth-order valence-corrected chi connectivity index (χ4v) is 8.86. The van der Waals surface area contributed by atoms with Crippen molar-refractivity contribution >= 4 is 74.9 Å². The minimum absolute atomic E-state index is 1.18. The summed E-state index contributed by atoms with van der Waals surface area (Å²) in [4.78, 5) is 0. The summed E-state index contributed by atoms with van der Waals surface area (Å²) in [5.41, 5.74) is 8.69. The number of aromatic nitrogens is 1. The zero-order valence-electron chi connectivity index (χ0n) is 24.9. The van der Waals surface area contributed by atoms with Gasteiger partial charge in [0, 0.05) is 42.0 Å². The summed E-state index contributed by atoms with van der Waals surface area (Å²) in [7, 11) is 0. The Bertz CT molecular complexity index is 2790. The van der Waals surface area contributed by atoms with Crippen molar-refractivity contribution in [1.82, 2.24) is 4.57 Å². The molecule has 0 saturated carbocycles. The Morgan fingerprint density at radius 1 is 0.391 bits per heavy atom. The molecule has 2 aromatic heterocycles. The van der Waals surface area contributed by atoms with Gasteiger partial charge in [0.1, 0.15) is 0 Å². The second-order valence-electron chi connectivity index (χ2n) is 12.1. The van der Waals surface area contributed by atoms with Crippen LogP contribution in [0.5, 0.6) is 0 Å². The summed E-state index contributed by atoms with van der Waals surface area (Å²) in [6.07, 6.45) is 0. The molecule has 0 aliphatic heterocycles. The quantitative estimate of drug-likeness (QED) is 0.190. The summed E-state index contributed by atoms with van der Waals surface area (Å²) in [6.45, 7) is 0. The second-order valence-corrected chi connectivity index (χ2v) is 13.1. The van der Waals surface area contributed by atoms with E-state index in [9.17, 15) is 0 Å². The van der Waals surface area contributed by atoms with Gasteiger partial charge >= 0.3 is 0 Å². The van der Waals surface area contributed by atoms with E-state index >= 15 is 0 Å². The molecular formula is C44H27NS. The van der Waals surface area contributed by atoms with E-state index in [0.29, 0.717) is 0 Å². The highest BCUT2D eigenvalue weighted by atomic mass is 32.1. The topological polar surface area (TPSA) is 4.93 Å². The van der Waals surface area contributed by atoms with Crippen molar-refractivity contribution in [3.63, 3.8) is 0 Å². The molecule has 2 heteroatoms. The first-order valence-corrected chi connectivity index (χ1v) is 16.6. The molecule has 0 unspecified atom stereocenters. The first kappa shape index (κ1) is 25.6. The molecule has 0 radical (unpaired) electrons. The molecule has 0 saturated heterocycles. The molecule has 0 N–H and O–H groups in total. The minimum Gasteiger partial charge on any atom is -0.309 e. The zero-order chi connectivity index (χ0) is 30.2. The third kappa shape index (κ3) is 3.68. The molecule has 0 aliphatic rings. The van der Waals surface area contributed by atoms with Crippen LogP contribution in [0.1, 0.15) is 0 Å². The summed E-state index contributed by atoms with van der Waals surface area (Å²) in [5, 5.41) is 10.3. The maximum absolute atomic E-state index is 2.53. The predicted octanol–water partition coefficient (Wildman–Crippen LogP) is 12.8. The molecule has 0 amide bonds. The van der Waals surface area contributed by atoms with Crippen LogP contribution >= 0.6 is 11.3 Å². The average molecular weight is 602 g/mol. The van der Waals surface area contributed by atoms with Crippen molar-refractivity contribution in [1.29, 1.82) is 0 Å². The van der Waals surface area contributed by atoms with Gasteiger partial charge in [-0.15, -0.1) is 11.3 Å². The fourth-order valence-electron chi connectivity index (χ4n) is 7.48. The zero-order valence-corrected chi connectivity index (χ0v) is 25.8. The van der Waals surface area contributed by atoms with E-state index in [1.807, 2.05) is 11.3 Å². The Hall–Kier alpha value is -5.70. The average Bonchev–Trinajstić information content (AvgIpc) is 3.69. The van der Waals surface area contributed by atoms with E-state index in [4.69, 9.17) is 0 Å². The molecule has 0 spiro atoms. The van der Waals surface area contributed by atoms with Crippen LogP contribution in [0.4, 0.5) is 0 Å². The molecule has 0 bridgehead atoms. The number of rotatable bonds is 3. The number of thiophene rings is 1. The Kier molecular flexibility index (Phi) is 5.51. The van der Waals surface area contributed by atoms with Gasteiger partial charge in [-0.25, -0.2) is 0 Å². The first-order valence-electron chi connectivity index (χ1n) is 15.8. The van der Waals surface area contributed by atoms with E-state index in [1.165, 1.54) is 91.5 Å². The van der Waals surface area contributed by atoms with Crippen molar-refractivity contribution in [3.05, 3.63) is 164 Å². The van der Waals surface area contributed by atoms with Crippen molar-refractivity contribution in [2.45, 2.75) is 0 Å². The van der Waals surface area contributed by atoms with Crippen LogP contribution in [0.15, 0.2) is 164 Å². The summed E-state index contributed by atoms with van der Waals surface area (Å²) < 4.78 is 5.21. The highest BCUT2D eigenvalue weighted by Gasteiger charge is 2.23. The lowest BCUT2D eigenvalue weighted by Crippen LogP contribution is -1.94. The molecule has 1 nitrogen and oxygen atoms in total. The molecule has 10 aromatic rings. The minimum atomic E-state index is 1.18. The van der Waals surface area contributed by atoms with E-state index in [2.05, 4.69) is 168 Å². The van der Waals surface area contributed by atoms with Gasteiger partial charge < -0.3 is 4.57 Å². The lowest BCUT2D eigenvalue weighted by molar-refractivity contribution is 1.19. The van der Waals surface area contributed by atoms with Crippen molar-refractivity contribution in [3.8, 4) is 27.9 Å². The van der Waals surface area contributed by atoms with Crippen molar-refractivity contribution in [2.75, 3.05) is 0 Å². The summed E-state index contributed by atoms with van der Waals surface area (Å²) in [5.74, 6) is 0. The van der Waals surface area contributed by atoms with Crippen molar-refractivity contribution in [2.24, 2.45) is 0 Å². The molecule has 214 valence electrons. The molecule has 0 fully saturated rings. The Morgan fingerprint density at radius 2 is 1.09 bits per heavy atom. The number of nitrogens with zero attached hydrogens (tertiary/aromatic N) is 1. The van der Waals surface area contributed by atoms with E-state index in [0.717, 1.165) is 0 Å². The fraction of sp³-hybridized carbons (Fsp3) is 0. The third-order valence-corrected chi connectivity index (χ3v) is 10.8. The normalized spacial score (nSPS) is 11.9. The Morgan fingerprint density at radius 3 is 1.91 bits per heavy atom. The van der Waals surface area contributed by atoms with E-state index < -0.39 is 0 Å². The lowest BCUT2D eigenvalue weighted by atomic mass is 9.97. The van der Waals surface area contributed by atoms with Gasteiger partial charge in [0.15, 0.2) is 0 Å². The first-order chi connectivity index (χ1) is 22.8. The molecule has 0 atom stereocenters. The van der Waals surface area contributed by atoms with Gasteiger partial charge in [0.05, 0.1) is 11.0 Å². The van der Waals surface area contributed by atoms with E-state index in [-0.39, 0.29) is 0 Å². The summed E-state index contributed by atoms with van der Waals surface area (Å²) >= 11 is 1.93. The number of hydrogen-bond acceptors (Lipinski definition) is 1. The van der Waals surface area contributed by atoms with Crippen LogP contribution in [-0.2, 0) is 0 Å². The predicted molar refractivity (Wildman–Crippen MR) is 200 cm³/mol. The SMILES string of the molecule is c1ccc(-c2ccc3c(c2)c2c4ccccc4c4sc5c(-c6ccccc6)cccc5c4c2n3-c2ccc3ccccc3c2)cc1. The van der Waals surface area contributed by atoms with Gasteiger partial charge in [-0.3, -0.25) is 0 Å². The third-order valence-electron chi connectivity index (χ3n) is 9.54. The Balaban J connectivity index is 1.44. The smallest absolute Gasteiger partial charge is 0.0640 e. The van der Waals surface area contributed by atoms with Crippen LogP contribution in [0.3, 0.4) is 0 Å². The van der Waals surface area contributed by atoms with Gasteiger partial charge in [0.2, 0.25) is 0 Å². The number of benzene rings is 8. The lowest BCUT2D eigenvalue weighted by Gasteiger charge is -2.12. The van der Waals surface area contributed by atoms with Crippen LogP contribution in [0, 0.1) is 0 Å². The molecular weight excluding hydrogens is 575 g/mol. The maximum Gasteiger partial charge on any atom is 0.0640 e. The molecule has 10 rings (SSSR count).